The van der Waals surface area contributed by atoms with Crippen molar-refractivity contribution in [2.24, 2.45) is 5.92 Å². The predicted octanol–water partition coefficient (Wildman–Crippen LogP) is 2.83. The summed E-state index contributed by atoms with van der Waals surface area (Å²) in [4.78, 5) is 17.7. The molecule has 128 valence electrons. The van der Waals surface area contributed by atoms with Crippen LogP contribution in [0.25, 0.3) is 0 Å². The Balaban J connectivity index is 1.61. The van der Waals surface area contributed by atoms with E-state index in [4.69, 9.17) is 0 Å². The van der Waals surface area contributed by atoms with Crippen molar-refractivity contribution in [3.8, 4) is 0 Å². The van der Waals surface area contributed by atoms with Crippen molar-refractivity contribution >= 4 is 17.4 Å². The molecule has 0 radical (unpaired) electrons. The maximum Gasteiger partial charge on any atom is 0.267 e. The van der Waals surface area contributed by atoms with Crippen LogP contribution in [0.15, 0.2) is 30.3 Å². The number of nitrogens with zero attached hydrogens (tertiary/aromatic N) is 4. The van der Waals surface area contributed by atoms with Gasteiger partial charge >= 0.3 is 0 Å². The number of rotatable bonds is 4. The summed E-state index contributed by atoms with van der Waals surface area (Å²) in [6.07, 6.45) is 1.00. The summed E-state index contributed by atoms with van der Waals surface area (Å²) in [5.41, 5.74) is 2.07. The second kappa shape index (κ2) is 7.40. The largest absolute Gasteiger partial charge is 0.338 e. The van der Waals surface area contributed by atoms with Gasteiger partial charge in [-0.1, -0.05) is 41.7 Å². The van der Waals surface area contributed by atoms with Crippen molar-refractivity contribution in [3.63, 3.8) is 0 Å². The smallest absolute Gasteiger partial charge is 0.267 e. The van der Waals surface area contributed by atoms with Gasteiger partial charge in [0.15, 0.2) is 0 Å². The zero-order valence-electron chi connectivity index (χ0n) is 14.5. The van der Waals surface area contributed by atoms with Crippen LogP contribution >= 0.6 is 11.5 Å². The average Bonchev–Trinajstić information content (AvgIpc) is 3.01. The molecule has 0 unspecified atom stereocenters. The molecule has 24 heavy (non-hydrogen) atoms. The van der Waals surface area contributed by atoms with E-state index in [-0.39, 0.29) is 11.9 Å². The highest BCUT2D eigenvalue weighted by Gasteiger charge is 2.32. The van der Waals surface area contributed by atoms with E-state index in [0.717, 1.165) is 31.7 Å². The molecule has 1 saturated heterocycles. The third-order valence-electron chi connectivity index (χ3n) is 4.86. The number of aryl methyl sites for hydroxylation is 1. The minimum absolute atomic E-state index is 0.0517. The molecule has 2 atom stereocenters. The molecular weight excluding hydrogens is 320 g/mol. The van der Waals surface area contributed by atoms with Crippen LogP contribution in [0.3, 0.4) is 0 Å². The molecular formula is C18H24N4OS. The first-order valence-electron chi connectivity index (χ1n) is 8.38. The van der Waals surface area contributed by atoms with E-state index in [0.29, 0.717) is 10.8 Å². The normalized spacial score (nSPS) is 21.6. The van der Waals surface area contributed by atoms with Crippen LogP contribution < -0.4 is 0 Å². The molecule has 1 aromatic heterocycles. The van der Waals surface area contributed by atoms with Gasteiger partial charge in [-0.15, -0.1) is 5.10 Å². The van der Waals surface area contributed by atoms with Gasteiger partial charge in [0, 0.05) is 32.7 Å². The summed E-state index contributed by atoms with van der Waals surface area (Å²) < 4.78 is 3.88. The summed E-state index contributed by atoms with van der Waals surface area (Å²) in [6.45, 7) is 7.09. The Kier molecular flexibility index (Phi) is 5.26. The lowest BCUT2D eigenvalue weighted by Gasteiger charge is -2.41. The molecule has 0 N–H and O–H groups in total. The molecule has 0 aliphatic carbocycles. The Morgan fingerprint density at radius 1 is 1.38 bits per heavy atom. The Morgan fingerprint density at radius 2 is 2.12 bits per heavy atom. The lowest BCUT2D eigenvalue weighted by atomic mass is 9.92. The lowest BCUT2D eigenvalue weighted by molar-refractivity contribution is 0.0501. The van der Waals surface area contributed by atoms with Gasteiger partial charge in [-0.2, -0.15) is 0 Å². The highest BCUT2D eigenvalue weighted by molar-refractivity contribution is 7.07. The molecule has 1 amide bonds. The average molecular weight is 344 g/mol. The zero-order chi connectivity index (χ0) is 17.1. The second-order valence-electron chi connectivity index (χ2n) is 6.66. The van der Waals surface area contributed by atoms with Crippen molar-refractivity contribution in [3.05, 3.63) is 46.5 Å². The zero-order valence-corrected chi connectivity index (χ0v) is 15.3. The number of hydrogen-bond donors (Lipinski definition) is 0. The van der Waals surface area contributed by atoms with E-state index >= 15 is 0 Å². The van der Waals surface area contributed by atoms with Crippen LogP contribution in [0.4, 0.5) is 0 Å². The monoisotopic (exact) mass is 344 g/mol. The molecule has 2 heterocycles. The summed E-state index contributed by atoms with van der Waals surface area (Å²) in [6, 6.07) is 10.8. The third kappa shape index (κ3) is 3.65. The number of carbonyl (C=O) groups excluding carboxylic acids is 1. The number of hydrogen-bond acceptors (Lipinski definition) is 5. The number of aromatic nitrogens is 2. The van der Waals surface area contributed by atoms with Crippen molar-refractivity contribution in [1.82, 2.24) is 19.4 Å². The molecule has 1 aliphatic rings. The third-order valence-corrected chi connectivity index (χ3v) is 5.67. The maximum absolute atomic E-state index is 12.7. The van der Waals surface area contributed by atoms with Crippen LogP contribution in [0.5, 0.6) is 0 Å². The minimum Gasteiger partial charge on any atom is -0.338 e. The van der Waals surface area contributed by atoms with Crippen molar-refractivity contribution < 1.29 is 4.79 Å². The Labute approximate surface area is 147 Å². The van der Waals surface area contributed by atoms with E-state index in [1.54, 1.807) is 0 Å². The fraction of sp³-hybridized carbons (Fsp3) is 0.500. The summed E-state index contributed by atoms with van der Waals surface area (Å²) in [7, 11) is 1.91. The van der Waals surface area contributed by atoms with Gasteiger partial charge < -0.3 is 4.90 Å². The van der Waals surface area contributed by atoms with Crippen LogP contribution in [0, 0.1) is 12.8 Å². The second-order valence-corrected chi connectivity index (χ2v) is 7.41. The first kappa shape index (κ1) is 17.0. The van der Waals surface area contributed by atoms with Gasteiger partial charge in [0.1, 0.15) is 4.88 Å². The number of amides is 1. The van der Waals surface area contributed by atoms with Gasteiger partial charge in [0.2, 0.25) is 0 Å². The Bertz CT molecular complexity index is 687. The van der Waals surface area contributed by atoms with Crippen LogP contribution in [0.1, 0.15) is 34.3 Å². The first-order valence-corrected chi connectivity index (χ1v) is 9.16. The molecule has 5 nitrogen and oxygen atoms in total. The fourth-order valence-corrected chi connectivity index (χ4v) is 4.16. The van der Waals surface area contributed by atoms with Gasteiger partial charge in [0.25, 0.3) is 5.91 Å². The molecule has 6 heteroatoms. The van der Waals surface area contributed by atoms with Gasteiger partial charge in [-0.3, -0.25) is 9.69 Å². The van der Waals surface area contributed by atoms with E-state index < -0.39 is 0 Å². The number of likely N-dealkylation sites (tertiary alicyclic amines) is 1. The lowest BCUT2D eigenvalue weighted by Crippen LogP contribution is -2.50. The van der Waals surface area contributed by atoms with Crippen LogP contribution in [-0.2, 0) is 6.54 Å². The molecule has 1 aliphatic heterocycles. The topological polar surface area (TPSA) is 49.3 Å². The van der Waals surface area contributed by atoms with Gasteiger partial charge in [-0.25, -0.2) is 0 Å². The minimum atomic E-state index is 0.0517. The van der Waals surface area contributed by atoms with Gasteiger partial charge in [-0.05, 0) is 36.4 Å². The summed E-state index contributed by atoms with van der Waals surface area (Å²) in [5.74, 6) is 0.494. The van der Waals surface area contributed by atoms with Crippen molar-refractivity contribution in [1.29, 1.82) is 0 Å². The van der Waals surface area contributed by atoms with Crippen molar-refractivity contribution in [2.75, 3.05) is 20.1 Å². The molecule has 1 aromatic carbocycles. The molecule has 2 aromatic rings. The quantitative estimate of drug-likeness (QED) is 0.856. The molecule has 3 rings (SSSR count). The first-order chi connectivity index (χ1) is 11.6. The highest BCUT2D eigenvalue weighted by Crippen LogP contribution is 2.25. The standard InChI is InChI=1S/C18H24N4OS/c1-13-11-22(12-15-7-5-4-6-8-15)10-9-16(13)21(3)18(23)17-14(2)19-20-24-17/h4-8,13,16H,9-12H2,1-3H3/t13-,16+/m1/s1. The van der Waals surface area contributed by atoms with E-state index in [9.17, 15) is 4.79 Å². The highest BCUT2D eigenvalue weighted by atomic mass is 32.1. The van der Waals surface area contributed by atoms with Crippen LogP contribution in [-0.4, -0.2) is 51.5 Å². The number of piperidine rings is 1. The predicted molar refractivity (Wildman–Crippen MR) is 96.0 cm³/mol. The maximum atomic E-state index is 12.7. The molecule has 0 spiro atoms. The van der Waals surface area contributed by atoms with Crippen LogP contribution in [0.2, 0.25) is 0 Å². The Morgan fingerprint density at radius 3 is 2.75 bits per heavy atom. The summed E-state index contributed by atoms with van der Waals surface area (Å²) in [5, 5.41) is 3.96. The summed E-state index contributed by atoms with van der Waals surface area (Å²) >= 11 is 1.19. The van der Waals surface area contributed by atoms with E-state index in [1.165, 1.54) is 17.1 Å². The molecule has 1 fully saturated rings. The SMILES string of the molecule is Cc1nnsc1C(=O)N(C)[C@H]1CCN(Cc2ccccc2)C[C@H]1C. The Hall–Kier alpha value is -1.79. The molecule has 0 saturated carbocycles. The number of carbonyl (C=O) groups is 1. The van der Waals surface area contributed by atoms with Gasteiger partial charge in [0.05, 0.1) is 5.69 Å². The molecule has 0 bridgehead atoms. The number of benzene rings is 1. The van der Waals surface area contributed by atoms with Crippen molar-refractivity contribution in [2.45, 2.75) is 32.9 Å². The fourth-order valence-electron chi connectivity index (χ4n) is 3.52. The van der Waals surface area contributed by atoms with E-state index in [2.05, 4.69) is 51.7 Å². The van der Waals surface area contributed by atoms with E-state index in [1.807, 2.05) is 18.9 Å².